The average molecular weight is 388 g/mol. The van der Waals surface area contributed by atoms with Gasteiger partial charge in [-0.25, -0.2) is 8.42 Å². The monoisotopic (exact) mass is 387 g/mol. The van der Waals surface area contributed by atoms with Crippen LogP contribution in [0.1, 0.15) is 25.8 Å². The zero-order valence-corrected chi connectivity index (χ0v) is 16.6. The topological polar surface area (TPSA) is 60.2 Å². The molecule has 0 aliphatic rings. The number of hydrogen-bond donors (Lipinski definition) is 0. The van der Waals surface area contributed by atoms with Gasteiger partial charge in [-0.15, -0.1) is 0 Å². The van der Waals surface area contributed by atoms with Crippen molar-refractivity contribution < 1.29 is 12.8 Å². The van der Waals surface area contributed by atoms with E-state index in [1.54, 1.807) is 24.3 Å². The molecule has 2 aromatic carbocycles. The van der Waals surface area contributed by atoms with Gasteiger partial charge in [-0.1, -0.05) is 61.5 Å². The van der Waals surface area contributed by atoms with E-state index in [0.29, 0.717) is 11.0 Å². The molecule has 0 bridgehead atoms. The van der Waals surface area contributed by atoms with Gasteiger partial charge in [0.2, 0.25) is 25.8 Å². The number of aromatic nitrogens is 1. The van der Waals surface area contributed by atoms with Crippen LogP contribution in [0, 0.1) is 6.92 Å². The van der Waals surface area contributed by atoms with Gasteiger partial charge < -0.3 is 4.42 Å². The Hall–Kier alpha value is -2.05. The number of sulfone groups is 1. The largest absolute Gasteiger partial charge is 0.428 e. The summed E-state index contributed by atoms with van der Waals surface area (Å²) in [5.41, 5.74) is 1.76. The van der Waals surface area contributed by atoms with Crippen molar-refractivity contribution in [3.05, 3.63) is 60.2 Å². The second kappa shape index (κ2) is 7.68. The van der Waals surface area contributed by atoms with Crippen LogP contribution in [0.2, 0.25) is 0 Å². The fourth-order valence-electron chi connectivity index (χ4n) is 2.34. The Morgan fingerprint density at radius 1 is 1.08 bits per heavy atom. The number of oxazole rings is 1. The molecule has 1 atom stereocenters. The van der Waals surface area contributed by atoms with Crippen molar-refractivity contribution >= 4 is 21.6 Å². The maximum absolute atomic E-state index is 13.1. The lowest BCUT2D eigenvalue weighted by Gasteiger charge is -2.07. The second-order valence-electron chi connectivity index (χ2n) is 6.13. The van der Waals surface area contributed by atoms with Crippen LogP contribution >= 0.6 is 11.8 Å². The molecule has 0 aliphatic heterocycles. The Bertz CT molecular complexity index is 978. The van der Waals surface area contributed by atoms with Crippen LogP contribution in [0.15, 0.2) is 74.0 Å². The summed E-state index contributed by atoms with van der Waals surface area (Å²) in [5, 5.41) is 0.558. The molecule has 0 fully saturated rings. The predicted molar refractivity (Wildman–Crippen MR) is 104 cm³/mol. The molecule has 0 radical (unpaired) electrons. The molecule has 0 saturated heterocycles. The molecule has 0 saturated carbocycles. The van der Waals surface area contributed by atoms with Crippen molar-refractivity contribution in [1.82, 2.24) is 4.98 Å². The zero-order chi connectivity index (χ0) is 18.7. The molecule has 0 aliphatic carbocycles. The minimum Gasteiger partial charge on any atom is -0.428 e. The van der Waals surface area contributed by atoms with E-state index in [0.717, 1.165) is 17.5 Å². The molecule has 0 unspecified atom stereocenters. The molecule has 6 heteroatoms. The summed E-state index contributed by atoms with van der Waals surface area (Å²) in [5.74, 6) is 0.321. The Labute approximate surface area is 158 Å². The van der Waals surface area contributed by atoms with E-state index in [-0.39, 0.29) is 15.2 Å². The van der Waals surface area contributed by atoms with Crippen LogP contribution in [-0.4, -0.2) is 18.7 Å². The third kappa shape index (κ3) is 3.86. The standard InChI is InChI=1S/C20H21NO3S2/c1-4-15(3)25-20-19(21-18(24-20)16-8-6-5-7-9-16)26(22,23)17-12-10-14(2)11-13-17/h5-13,15H,4H2,1-3H3/t15-/m0/s1. The first-order chi connectivity index (χ1) is 12.4. The Morgan fingerprint density at radius 3 is 2.35 bits per heavy atom. The van der Waals surface area contributed by atoms with Gasteiger partial charge in [0.05, 0.1) is 4.90 Å². The summed E-state index contributed by atoms with van der Waals surface area (Å²) in [6.07, 6.45) is 0.899. The third-order valence-corrected chi connectivity index (χ3v) is 7.09. The predicted octanol–water partition coefficient (Wildman–Crippen LogP) is 5.37. The molecule has 136 valence electrons. The van der Waals surface area contributed by atoms with Crippen LogP contribution in [0.5, 0.6) is 0 Å². The van der Waals surface area contributed by atoms with Gasteiger partial charge >= 0.3 is 0 Å². The molecule has 0 spiro atoms. The van der Waals surface area contributed by atoms with Crippen molar-refractivity contribution in [3.63, 3.8) is 0 Å². The highest BCUT2D eigenvalue weighted by Crippen LogP contribution is 2.37. The van der Waals surface area contributed by atoms with Crippen LogP contribution < -0.4 is 0 Å². The SMILES string of the molecule is CC[C@H](C)Sc1oc(-c2ccccc2)nc1S(=O)(=O)c1ccc(C)cc1. The molecular formula is C20H21NO3S2. The average Bonchev–Trinajstić information content (AvgIpc) is 3.07. The summed E-state index contributed by atoms with van der Waals surface area (Å²) >= 11 is 1.40. The number of benzene rings is 2. The Kier molecular flexibility index (Phi) is 5.53. The molecule has 3 rings (SSSR count). The highest BCUT2D eigenvalue weighted by molar-refractivity contribution is 8.00. The Balaban J connectivity index is 2.12. The summed E-state index contributed by atoms with van der Waals surface area (Å²) in [4.78, 5) is 4.59. The summed E-state index contributed by atoms with van der Waals surface area (Å²) in [6.45, 7) is 6.02. The van der Waals surface area contributed by atoms with Crippen LogP contribution in [0.3, 0.4) is 0 Å². The van der Waals surface area contributed by atoms with E-state index in [1.807, 2.05) is 44.2 Å². The normalized spacial score (nSPS) is 12.9. The highest BCUT2D eigenvalue weighted by Gasteiger charge is 2.29. The Morgan fingerprint density at radius 2 is 1.73 bits per heavy atom. The van der Waals surface area contributed by atoms with Crippen molar-refractivity contribution in [2.24, 2.45) is 0 Å². The summed E-state index contributed by atoms with van der Waals surface area (Å²) in [6, 6.07) is 16.1. The van der Waals surface area contributed by atoms with Crippen molar-refractivity contribution in [3.8, 4) is 11.5 Å². The third-order valence-electron chi connectivity index (χ3n) is 4.06. The molecule has 1 aromatic heterocycles. The summed E-state index contributed by atoms with van der Waals surface area (Å²) in [7, 11) is -3.75. The van der Waals surface area contributed by atoms with Gasteiger partial charge in [-0.3, -0.25) is 0 Å². The number of thioether (sulfide) groups is 1. The quantitative estimate of drug-likeness (QED) is 0.532. The van der Waals surface area contributed by atoms with Crippen molar-refractivity contribution in [1.29, 1.82) is 0 Å². The molecule has 4 nitrogen and oxygen atoms in total. The fraction of sp³-hybridized carbons (Fsp3) is 0.250. The first-order valence-corrected chi connectivity index (χ1v) is 10.8. The minimum atomic E-state index is -3.75. The van der Waals surface area contributed by atoms with E-state index in [4.69, 9.17) is 4.42 Å². The fourth-order valence-corrected chi connectivity index (χ4v) is 4.80. The van der Waals surface area contributed by atoms with Gasteiger partial charge in [0.15, 0.2) is 0 Å². The first kappa shape index (κ1) is 18.7. The maximum atomic E-state index is 13.1. The van der Waals surface area contributed by atoms with E-state index in [1.165, 1.54) is 11.8 Å². The molecule has 3 aromatic rings. The van der Waals surface area contributed by atoms with Gasteiger partial charge in [-0.05, 0) is 37.6 Å². The number of rotatable bonds is 6. The number of aryl methyl sites for hydroxylation is 1. The number of hydrogen-bond acceptors (Lipinski definition) is 5. The number of nitrogens with zero attached hydrogens (tertiary/aromatic N) is 1. The van der Waals surface area contributed by atoms with Crippen LogP contribution in [0.4, 0.5) is 0 Å². The van der Waals surface area contributed by atoms with Gasteiger partial charge in [-0.2, -0.15) is 4.98 Å². The van der Waals surface area contributed by atoms with Gasteiger partial charge in [0.1, 0.15) is 0 Å². The van der Waals surface area contributed by atoms with Crippen molar-refractivity contribution in [2.45, 2.75) is 47.5 Å². The molecule has 26 heavy (non-hydrogen) atoms. The lowest BCUT2D eigenvalue weighted by atomic mass is 10.2. The molecule has 1 heterocycles. The van der Waals surface area contributed by atoms with E-state index >= 15 is 0 Å². The smallest absolute Gasteiger partial charge is 0.228 e. The molecule has 0 N–H and O–H groups in total. The zero-order valence-electron chi connectivity index (χ0n) is 15.0. The molecular weight excluding hydrogens is 366 g/mol. The second-order valence-corrected chi connectivity index (χ2v) is 9.41. The van der Waals surface area contributed by atoms with E-state index < -0.39 is 9.84 Å². The van der Waals surface area contributed by atoms with Crippen LogP contribution in [0.25, 0.3) is 11.5 Å². The summed E-state index contributed by atoms with van der Waals surface area (Å²) < 4.78 is 32.2. The van der Waals surface area contributed by atoms with Crippen LogP contribution in [-0.2, 0) is 9.84 Å². The van der Waals surface area contributed by atoms with Crippen molar-refractivity contribution in [2.75, 3.05) is 0 Å². The first-order valence-electron chi connectivity index (χ1n) is 8.46. The van der Waals surface area contributed by atoms with Gasteiger partial charge in [0, 0.05) is 10.8 Å². The van der Waals surface area contributed by atoms with Gasteiger partial charge in [0.25, 0.3) is 0 Å². The van der Waals surface area contributed by atoms with E-state index in [9.17, 15) is 8.42 Å². The highest BCUT2D eigenvalue weighted by atomic mass is 32.2. The lowest BCUT2D eigenvalue weighted by molar-refractivity contribution is 0.469. The lowest BCUT2D eigenvalue weighted by Crippen LogP contribution is -2.05. The maximum Gasteiger partial charge on any atom is 0.228 e. The molecule has 0 amide bonds. The van der Waals surface area contributed by atoms with E-state index in [2.05, 4.69) is 11.9 Å². The minimum absolute atomic E-state index is 0.00879.